The van der Waals surface area contributed by atoms with Gasteiger partial charge < -0.3 is 10.4 Å². The normalized spacial score (nSPS) is 26.0. The van der Waals surface area contributed by atoms with E-state index in [0.29, 0.717) is 32.9 Å². The second-order valence-electron chi connectivity index (χ2n) is 8.14. The molecule has 4 atom stereocenters. The lowest BCUT2D eigenvalue weighted by Gasteiger charge is -2.29. The van der Waals surface area contributed by atoms with Crippen LogP contribution >= 0.6 is 34.8 Å². The van der Waals surface area contributed by atoms with Crippen LogP contribution in [-0.4, -0.2) is 28.9 Å². The lowest BCUT2D eigenvalue weighted by Crippen LogP contribution is -2.48. The number of aliphatic hydroxyl groups excluding tert-OH is 1. The van der Waals surface area contributed by atoms with Crippen LogP contribution in [0.3, 0.4) is 0 Å². The predicted octanol–water partition coefficient (Wildman–Crippen LogP) is 5.62. The van der Waals surface area contributed by atoms with Crippen molar-refractivity contribution in [2.24, 2.45) is 11.0 Å². The molecule has 2 aromatic rings. The minimum absolute atomic E-state index is 0.214. The predicted molar refractivity (Wildman–Crippen MR) is 126 cm³/mol. The summed E-state index contributed by atoms with van der Waals surface area (Å²) in [7, 11) is 0. The average molecular weight is 481 g/mol. The van der Waals surface area contributed by atoms with E-state index in [1.165, 1.54) is 0 Å². The molecule has 0 spiro atoms. The Balaban J connectivity index is 1.68. The Kier molecular flexibility index (Phi) is 6.77. The Morgan fingerprint density at radius 1 is 1.06 bits per heavy atom. The first-order valence-corrected chi connectivity index (χ1v) is 11.6. The van der Waals surface area contributed by atoms with Gasteiger partial charge in [-0.3, -0.25) is 9.80 Å². The van der Waals surface area contributed by atoms with Crippen molar-refractivity contribution in [2.75, 3.05) is 5.01 Å². The molecule has 8 heteroatoms. The van der Waals surface area contributed by atoms with Crippen molar-refractivity contribution in [3.05, 3.63) is 63.1 Å². The molecule has 1 aliphatic carbocycles. The highest BCUT2D eigenvalue weighted by Gasteiger charge is 2.41. The number of nitrogens with zero attached hydrogens (tertiary/aromatic N) is 2. The number of benzene rings is 2. The van der Waals surface area contributed by atoms with Crippen LogP contribution in [0.1, 0.15) is 44.2 Å². The lowest BCUT2D eigenvalue weighted by atomic mass is 9.89. The molecule has 5 nitrogen and oxygen atoms in total. The summed E-state index contributed by atoms with van der Waals surface area (Å²) >= 11 is 18.7. The van der Waals surface area contributed by atoms with Crippen molar-refractivity contribution >= 4 is 52.1 Å². The Hall–Kier alpha value is -1.79. The van der Waals surface area contributed by atoms with Crippen LogP contribution in [0.5, 0.6) is 0 Å². The molecule has 31 heavy (non-hydrogen) atoms. The molecule has 4 rings (SSSR count). The fourth-order valence-electron chi connectivity index (χ4n) is 4.37. The number of amides is 1. The maximum Gasteiger partial charge on any atom is 0.268 e. The highest BCUT2D eigenvalue weighted by molar-refractivity contribution is 6.41. The zero-order valence-corrected chi connectivity index (χ0v) is 19.3. The van der Waals surface area contributed by atoms with Crippen LogP contribution in [0, 0.1) is 5.92 Å². The van der Waals surface area contributed by atoms with Crippen LogP contribution in [0.15, 0.2) is 47.6 Å². The van der Waals surface area contributed by atoms with Crippen LogP contribution in [0.25, 0.3) is 0 Å². The number of rotatable bonds is 4. The molecule has 1 aliphatic heterocycles. The minimum Gasteiger partial charge on any atom is -0.391 e. The smallest absolute Gasteiger partial charge is 0.268 e. The van der Waals surface area contributed by atoms with E-state index in [1.54, 1.807) is 23.2 Å². The summed E-state index contributed by atoms with van der Waals surface area (Å²) < 4.78 is 0. The number of hydrogen-bond acceptors (Lipinski definition) is 4. The van der Waals surface area contributed by atoms with Crippen LogP contribution in [-0.2, 0) is 4.79 Å². The van der Waals surface area contributed by atoms with Crippen LogP contribution < -0.4 is 10.3 Å². The topological polar surface area (TPSA) is 64.9 Å². The average Bonchev–Trinajstić information content (AvgIpc) is 3.07. The van der Waals surface area contributed by atoms with E-state index in [-0.39, 0.29) is 23.9 Å². The van der Waals surface area contributed by atoms with Gasteiger partial charge in [0.15, 0.2) is 0 Å². The first kappa shape index (κ1) is 22.4. The van der Waals surface area contributed by atoms with Gasteiger partial charge in [-0.15, -0.1) is 0 Å². The molecule has 0 aromatic heterocycles. The van der Waals surface area contributed by atoms with Crippen molar-refractivity contribution in [1.29, 1.82) is 0 Å². The maximum absolute atomic E-state index is 13.2. The van der Waals surface area contributed by atoms with Crippen molar-refractivity contribution in [3.8, 4) is 0 Å². The zero-order valence-electron chi connectivity index (χ0n) is 17.1. The number of carbonyl (C=O) groups excluding carboxylic acids is 1. The largest absolute Gasteiger partial charge is 0.391 e. The standard InChI is InChI=1S/C23H24Cl3N3O2/c1-13-21(23(31)27-18-4-2-3-5-20(18)30)28-29(19-11-10-16(25)12-17(19)26)22(13)14-6-8-15(24)9-7-14/h6-13,18,20,22,30H,2-5H2,1H3,(H,27,31)/t13-,18+,20+,22+/m0/s1. The molecule has 1 fully saturated rings. The summed E-state index contributed by atoms with van der Waals surface area (Å²) in [6.07, 6.45) is 2.91. The van der Waals surface area contributed by atoms with E-state index in [2.05, 4.69) is 5.32 Å². The summed E-state index contributed by atoms with van der Waals surface area (Å²) in [6, 6.07) is 12.2. The molecule has 2 N–H and O–H groups in total. The summed E-state index contributed by atoms with van der Waals surface area (Å²) in [5.41, 5.74) is 2.04. The molecule has 0 radical (unpaired) electrons. The highest BCUT2D eigenvalue weighted by atomic mass is 35.5. The van der Waals surface area contributed by atoms with Gasteiger partial charge in [0.25, 0.3) is 5.91 Å². The van der Waals surface area contributed by atoms with Gasteiger partial charge in [-0.05, 0) is 48.7 Å². The van der Waals surface area contributed by atoms with Gasteiger partial charge in [0.2, 0.25) is 0 Å². The van der Waals surface area contributed by atoms with E-state index in [0.717, 1.165) is 24.8 Å². The molecule has 0 unspecified atom stereocenters. The second-order valence-corrected chi connectivity index (χ2v) is 9.42. The lowest BCUT2D eigenvalue weighted by molar-refractivity contribution is -0.116. The number of hydrazone groups is 1. The Morgan fingerprint density at radius 3 is 2.42 bits per heavy atom. The quantitative estimate of drug-likeness (QED) is 0.597. The van der Waals surface area contributed by atoms with Gasteiger partial charge in [-0.2, -0.15) is 5.10 Å². The summed E-state index contributed by atoms with van der Waals surface area (Å²) in [4.78, 5) is 13.2. The zero-order chi connectivity index (χ0) is 22.1. The highest BCUT2D eigenvalue weighted by Crippen LogP contribution is 2.42. The number of hydrogen-bond donors (Lipinski definition) is 2. The molecule has 164 valence electrons. The molecule has 0 saturated heterocycles. The van der Waals surface area contributed by atoms with E-state index in [4.69, 9.17) is 39.9 Å². The summed E-state index contributed by atoms with van der Waals surface area (Å²) in [5, 5.41) is 21.3. The molecule has 1 amide bonds. The minimum atomic E-state index is -0.524. The SMILES string of the molecule is C[C@H]1C(C(=O)N[C@@H]2CCCC[C@H]2O)=NN(c2ccc(Cl)cc2Cl)[C@H]1c1ccc(Cl)cc1. The number of nitrogens with one attached hydrogen (secondary N) is 1. The van der Waals surface area contributed by atoms with Crippen molar-refractivity contribution < 1.29 is 9.90 Å². The molecular formula is C23H24Cl3N3O2. The van der Waals surface area contributed by atoms with E-state index in [9.17, 15) is 9.90 Å². The van der Waals surface area contributed by atoms with Crippen LogP contribution in [0.4, 0.5) is 5.69 Å². The fraction of sp³-hybridized carbons (Fsp3) is 0.391. The van der Waals surface area contributed by atoms with Gasteiger partial charge in [0, 0.05) is 16.0 Å². The molecular weight excluding hydrogens is 457 g/mol. The van der Waals surface area contributed by atoms with Crippen molar-refractivity contribution in [2.45, 2.75) is 50.8 Å². The second kappa shape index (κ2) is 9.37. The van der Waals surface area contributed by atoms with Crippen LogP contribution in [0.2, 0.25) is 15.1 Å². The van der Waals surface area contributed by atoms with Gasteiger partial charge >= 0.3 is 0 Å². The molecule has 0 bridgehead atoms. The number of carbonyl (C=O) groups is 1. The van der Waals surface area contributed by atoms with Gasteiger partial charge in [0.05, 0.1) is 28.9 Å². The van der Waals surface area contributed by atoms with E-state index < -0.39 is 6.10 Å². The Bertz CT molecular complexity index is 996. The Labute approximate surface area is 197 Å². The number of aliphatic hydroxyl groups is 1. The number of halogens is 3. The van der Waals surface area contributed by atoms with Gasteiger partial charge in [-0.25, -0.2) is 0 Å². The third-order valence-electron chi connectivity index (χ3n) is 6.03. The summed E-state index contributed by atoms with van der Waals surface area (Å²) in [5.74, 6) is -0.473. The van der Waals surface area contributed by atoms with Crippen molar-refractivity contribution in [3.63, 3.8) is 0 Å². The Morgan fingerprint density at radius 2 is 1.74 bits per heavy atom. The molecule has 1 saturated carbocycles. The molecule has 2 aromatic carbocycles. The van der Waals surface area contributed by atoms with E-state index >= 15 is 0 Å². The first-order valence-electron chi connectivity index (χ1n) is 10.4. The monoisotopic (exact) mass is 479 g/mol. The van der Waals surface area contributed by atoms with E-state index in [1.807, 2.05) is 31.2 Å². The maximum atomic E-state index is 13.2. The van der Waals surface area contributed by atoms with Crippen molar-refractivity contribution in [1.82, 2.24) is 5.32 Å². The third-order valence-corrected chi connectivity index (χ3v) is 6.82. The third kappa shape index (κ3) is 4.70. The van der Waals surface area contributed by atoms with Gasteiger partial charge in [-0.1, -0.05) is 66.7 Å². The molecule has 1 heterocycles. The first-order chi connectivity index (χ1) is 14.8. The summed E-state index contributed by atoms with van der Waals surface area (Å²) in [6.45, 7) is 1.97. The molecule has 2 aliphatic rings. The van der Waals surface area contributed by atoms with Gasteiger partial charge in [0.1, 0.15) is 5.71 Å². The number of anilines is 1. The fourth-order valence-corrected chi connectivity index (χ4v) is 4.99.